The van der Waals surface area contributed by atoms with Crippen molar-refractivity contribution in [1.29, 1.82) is 0 Å². The lowest BCUT2D eigenvalue weighted by Crippen LogP contribution is -2.34. The Morgan fingerprint density at radius 2 is 1.73 bits per heavy atom. The number of benzene rings is 2. The largest absolute Gasteiger partial charge is 0.388 e. The minimum absolute atomic E-state index is 0.0120. The second-order valence-electron chi connectivity index (χ2n) is 5.73. The number of amides is 1. The molecule has 0 aliphatic rings. The summed E-state index contributed by atoms with van der Waals surface area (Å²) in [6.45, 7) is 3.92. The zero-order chi connectivity index (χ0) is 15.9. The molecule has 0 aromatic heterocycles. The lowest BCUT2D eigenvalue weighted by molar-refractivity contribution is -0.121. The first kappa shape index (κ1) is 16.2. The zero-order valence-electron chi connectivity index (χ0n) is 13.1. The standard InChI is InChI=1S/C19H23NO2/c1-14-8-6-7-11-17(14)13-19(22)20-15(2)12-18(21)16-9-4-3-5-10-16/h3-11,15,18,21H,12-13H2,1-2H3,(H,20,22). The summed E-state index contributed by atoms with van der Waals surface area (Å²) in [6, 6.07) is 17.3. The van der Waals surface area contributed by atoms with Crippen molar-refractivity contribution in [1.82, 2.24) is 5.32 Å². The van der Waals surface area contributed by atoms with Gasteiger partial charge < -0.3 is 10.4 Å². The van der Waals surface area contributed by atoms with Gasteiger partial charge in [-0.2, -0.15) is 0 Å². The normalized spacial score (nSPS) is 13.4. The molecule has 0 saturated carbocycles. The Bertz CT molecular complexity index is 610. The summed E-state index contributed by atoms with van der Waals surface area (Å²) in [5.41, 5.74) is 3.04. The molecule has 2 atom stereocenters. The molecule has 2 aromatic rings. The number of nitrogens with one attached hydrogen (secondary N) is 1. The molecular formula is C19H23NO2. The van der Waals surface area contributed by atoms with E-state index in [0.717, 1.165) is 16.7 Å². The molecule has 2 N–H and O–H groups in total. The molecule has 0 aliphatic carbocycles. The molecule has 2 unspecified atom stereocenters. The number of carbonyl (C=O) groups excluding carboxylic acids is 1. The molecule has 0 spiro atoms. The van der Waals surface area contributed by atoms with Crippen molar-refractivity contribution in [2.75, 3.05) is 0 Å². The first-order chi connectivity index (χ1) is 10.6. The van der Waals surface area contributed by atoms with Crippen molar-refractivity contribution in [3.8, 4) is 0 Å². The highest BCUT2D eigenvalue weighted by atomic mass is 16.3. The highest BCUT2D eigenvalue weighted by Crippen LogP contribution is 2.17. The Labute approximate surface area is 132 Å². The molecule has 0 aliphatic heterocycles. The quantitative estimate of drug-likeness (QED) is 0.860. The maximum Gasteiger partial charge on any atom is 0.224 e. The zero-order valence-corrected chi connectivity index (χ0v) is 13.1. The third-order valence-electron chi connectivity index (χ3n) is 3.78. The Kier molecular flexibility index (Phi) is 5.73. The molecule has 22 heavy (non-hydrogen) atoms. The molecule has 0 heterocycles. The molecule has 3 heteroatoms. The van der Waals surface area contributed by atoms with E-state index in [1.54, 1.807) is 0 Å². The molecule has 0 radical (unpaired) electrons. The summed E-state index contributed by atoms with van der Waals surface area (Å²) in [7, 11) is 0. The van der Waals surface area contributed by atoms with Gasteiger partial charge in [-0.3, -0.25) is 4.79 Å². The van der Waals surface area contributed by atoms with Crippen LogP contribution in [0.25, 0.3) is 0 Å². The van der Waals surface area contributed by atoms with E-state index in [2.05, 4.69) is 5.32 Å². The van der Waals surface area contributed by atoms with Crippen LogP contribution in [-0.4, -0.2) is 17.1 Å². The average molecular weight is 297 g/mol. The first-order valence-corrected chi connectivity index (χ1v) is 7.63. The predicted octanol–water partition coefficient (Wildman–Crippen LogP) is 3.17. The second-order valence-corrected chi connectivity index (χ2v) is 5.73. The van der Waals surface area contributed by atoms with Crippen molar-refractivity contribution in [2.24, 2.45) is 0 Å². The van der Waals surface area contributed by atoms with Gasteiger partial charge in [0.15, 0.2) is 0 Å². The third-order valence-corrected chi connectivity index (χ3v) is 3.78. The molecule has 116 valence electrons. The van der Waals surface area contributed by atoms with E-state index >= 15 is 0 Å². The van der Waals surface area contributed by atoms with Crippen molar-refractivity contribution in [2.45, 2.75) is 38.8 Å². The van der Waals surface area contributed by atoms with Crippen molar-refractivity contribution >= 4 is 5.91 Å². The fourth-order valence-corrected chi connectivity index (χ4v) is 2.51. The van der Waals surface area contributed by atoms with Gasteiger partial charge >= 0.3 is 0 Å². The van der Waals surface area contributed by atoms with Crippen molar-refractivity contribution in [3.63, 3.8) is 0 Å². The summed E-state index contributed by atoms with van der Waals surface area (Å²) in [5.74, 6) is -0.0120. The minimum atomic E-state index is -0.560. The van der Waals surface area contributed by atoms with Crippen molar-refractivity contribution in [3.05, 3.63) is 71.3 Å². The smallest absolute Gasteiger partial charge is 0.224 e. The molecule has 1 amide bonds. The number of aliphatic hydroxyl groups is 1. The number of aryl methyl sites for hydroxylation is 1. The third kappa shape index (κ3) is 4.71. The summed E-state index contributed by atoms with van der Waals surface area (Å²) in [4.78, 5) is 12.1. The summed E-state index contributed by atoms with van der Waals surface area (Å²) in [5, 5.41) is 13.1. The van der Waals surface area contributed by atoms with E-state index in [0.29, 0.717) is 12.8 Å². The summed E-state index contributed by atoms with van der Waals surface area (Å²) >= 11 is 0. The van der Waals surface area contributed by atoms with E-state index in [-0.39, 0.29) is 11.9 Å². The molecule has 0 bridgehead atoms. The van der Waals surface area contributed by atoms with Gasteiger partial charge in [0.25, 0.3) is 0 Å². The Morgan fingerprint density at radius 3 is 2.41 bits per heavy atom. The lowest BCUT2D eigenvalue weighted by Gasteiger charge is -2.18. The van der Waals surface area contributed by atoms with Gasteiger partial charge in [-0.25, -0.2) is 0 Å². The van der Waals surface area contributed by atoms with E-state index in [1.165, 1.54) is 0 Å². The number of hydrogen-bond donors (Lipinski definition) is 2. The van der Waals surface area contributed by atoms with Crippen LogP contribution in [0.15, 0.2) is 54.6 Å². The SMILES string of the molecule is Cc1ccccc1CC(=O)NC(C)CC(O)c1ccccc1. The average Bonchev–Trinajstić information content (AvgIpc) is 2.50. The molecular weight excluding hydrogens is 274 g/mol. The highest BCUT2D eigenvalue weighted by Gasteiger charge is 2.14. The molecule has 0 fully saturated rings. The van der Waals surface area contributed by atoms with Crippen LogP contribution in [0.5, 0.6) is 0 Å². The van der Waals surface area contributed by atoms with Crippen molar-refractivity contribution < 1.29 is 9.90 Å². The minimum Gasteiger partial charge on any atom is -0.388 e. The maximum absolute atomic E-state index is 12.1. The van der Waals surface area contributed by atoms with Crippen LogP contribution in [0.4, 0.5) is 0 Å². The lowest BCUT2D eigenvalue weighted by atomic mass is 10.0. The van der Waals surface area contributed by atoms with E-state index in [9.17, 15) is 9.90 Å². The highest BCUT2D eigenvalue weighted by molar-refractivity contribution is 5.79. The van der Waals surface area contributed by atoms with E-state index in [4.69, 9.17) is 0 Å². The van der Waals surface area contributed by atoms with Gasteiger partial charge in [0, 0.05) is 6.04 Å². The fraction of sp³-hybridized carbons (Fsp3) is 0.316. The van der Waals surface area contributed by atoms with Crippen LogP contribution in [0.1, 0.15) is 36.1 Å². The molecule has 2 aromatic carbocycles. The number of carbonyl (C=O) groups is 1. The van der Waals surface area contributed by atoms with Gasteiger partial charge in [-0.1, -0.05) is 54.6 Å². The van der Waals surface area contributed by atoms with Crippen LogP contribution in [0.2, 0.25) is 0 Å². The van der Waals surface area contributed by atoms with Gasteiger partial charge in [-0.05, 0) is 37.0 Å². The van der Waals surface area contributed by atoms with Crippen LogP contribution in [0, 0.1) is 6.92 Å². The van der Waals surface area contributed by atoms with Gasteiger partial charge in [0.1, 0.15) is 0 Å². The molecule has 3 nitrogen and oxygen atoms in total. The van der Waals surface area contributed by atoms with Crippen LogP contribution in [-0.2, 0) is 11.2 Å². The van der Waals surface area contributed by atoms with Gasteiger partial charge in [0.05, 0.1) is 12.5 Å². The van der Waals surface area contributed by atoms with Crippen LogP contribution < -0.4 is 5.32 Å². The number of hydrogen-bond acceptors (Lipinski definition) is 2. The Morgan fingerprint density at radius 1 is 1.09 bits per heavy atom. The number of rotatable bonds is 6. The maximum atomic E-state index is 12.1. The first-order valence-electron chi connectivity index (χ1n) is 7.63. The van der Waals surface area contributed by atoms with Crippen LogP contribution in [0.3, 0.4) is 0 Å². The Balaban J connectivity index is 1.85. The fourth-order valence-electron chi connectivity index (χ4n) is 2.51. The second kappa shape index (κ2) is 7.76. The van der Waals surface area contributed by atoms with E-state index in [1.807, 2.05) is 68.4 Å². The number of aliphatic hydroxyl groups excluding tert-OH is 1. The van der Waals surface area contributed by atoms with Gasteiger partial charge in [-0.15, -0.1) is 0 Å². The summed E-state index contributed by atoms with van der Waals surface area (Å²) < 4.78 is 0. The van der Waals surface area contributed by atoms with Gasteiger partial charge in [0.2, 0.25) is 5.91 Å². The topological polar surface area (TPSA) is 49.3 Å². The Hall–Kier alpha value is -2.13. The predicted molar refractivity (Wildman–Crippen MR) is 88.5 cm³/mol. The van der Waals surface area contributed by atoms with E-state index < -0.39 is 6.10 Å². The monoisotopic (exact) mass is 297 g/mol. The molecule has 2 rings (SSSR count). The molecule has 0 saturated heterocycles. The summed E-state index contributed by atoms with van der Waals surface area (Å²) in [6.07, 6.45) is 0.317. The van der Waals surface area contributed by atoms with Crippen LogP contribution >= 0.6 is 0 Å².